The molecule has 0 bridgehead atoms. The second-order valence-electron chi connectivity index (χ2n) is 3.79. The average molecular weight is 184 g/mol. The monoisotopic (exact) mass is 184 g/mol. The summed E-state index contributed by atoms with van der Waals surface area (Å²) >= 11 is 0. The van der Waals surface area contributed by atoms with Gasteiger partial charge in [-0.1, -0.05) is 13.0 Å². The maximum atomic E-state index is 9.65. The minimum Gasteiger partial charge on any atom is -0.390 e. The van der Waals surface area contributed by atoms with Crippen molar-refractivity contribution in [3.8, 4) is 0 Å². The van der Waals surface area contributed by atoms with Gasteiger partial charge in [-0.3, -0.25) is 0 Å². The largest absolute Gasteiger partial charge is 0.390 e. The van der Waals surface area contributed by atoms with Crippen LogP contribution in [-0.4, -0.2) is 23.9 Å². The third-order valence-electron chi connectivity index (χ3n) is 2.67. The van der Waals surface area contributed by atoms with Gasteiger partial charge >= 0.3 is 0 Å². The molecule has 3 atom stereocenters. The highest BCUT2D eigenvalue weighted by Crippen LogP contribution is 2.27. The fraction of sp³-hybridized carbons (Fsp3) is 0.818. The first-order chi connectivity index (χ1) is 6.27. The second kappa shape index (κ2) is 5.40. The number of hydrogen-bond donors (Lipinski definition) is 1. The van der Waals surface area contributed by atoms with Crippen LogP contribution in [0.25, 0.3) is 0 Å². The third-order valence-corrected chi connectivity index (χ3v) is 2.67. The topological polar surface area (TPSA) is 29.5 Å². The van der Waals surface area contributed by atoms with Crippen molar-refractivity contribution in [3.63, 3.8) is 0 Å². The van der Waals surface area contributed by atoms with Crippen molar-refractivity contribution in [2.45, 2.75) is 44.8 Å². The van der Waals surface area contributed by atoms with Crippen LogP contribution in [0.3, 0.4) is 0 Å². The van der Waals surface area contributed by atoms with Crippen molar-refractivity contribution in [2.75, 3.05) is 6.61 Å². The quantitative estimate of drug-likeness (QED) is 0.678. The lowest BCUT2D eigenvalue weighted by Gasteiger charge is -2.31. The van der Waals surface area contributed by atoms with Gasteiger partial charge in [-0.15, -0.1) is 6.58 Å². The van der Waals surface area contributed by atoms with Crippen LogP contribution in [0.15, 0.2) is 12.7 Å². The number of hydrogen-bond acceptors (Lipinski definition) is 2. The molecular formula is C11H20O2. The molecule has 0 spiro atoms. The van der Waals surface area contributed by atoms with Crippen molar-refractivity contribution in [1.29, 1.82) is 0 Å². The minimum atomic E-state index is -0.261. The molecule has 13 heavy (non-hydrogen) atoms. The van der Waals surface area contributed by atoms with Crippen molar-refractivity contribution in [3.05, 3.63) is 12.7 Å². The first-order valence-electron chi connectivity index (χ1n) is 5.20. The molecular weight excluding hydrogens is 164 g/mol. The summed E-state index contributed by atoms with van der Waals surface area (Å²) in [6, 6.07) is 0. The first kappa shape index (κ1) is 10.7. The second-order valence-corrected chi connectivity index (χ2v) is 3.79. The van der Waals surface area contributed by atoms with Gasteiger partial charge < -0.3 is 9.84 Å². The summed E-state index contributed by atoms with van der Waals surface area (Å²) < 4.78 is 5.58. The van der Waals surface area contributed by atoms with Gasteiger partial charge in [0, 0.05) is 6.61 Å². The fourth-order valence-electron chi connectivity index (χ4n) is 1.81. The molecule has 1 rings (SSSR count). The Hall–Kier alpha value is -0.340. The van der Waals surface area contributed by atoms with Crippen LogP contribution in [0.1, 0.15) is 32.6 Å². The van der Waals surface area contributed by atoms with Gasteiger partial charge in [0.05, 0.1) is 12.2 Å². The van der Waals surface area contributed by atoms with E-state index in [4.69, 9.17) is 4.74 Å². The highest BCUT2D eigenvalue weighted by Gasteiger charge is 2.27. The number of aliphatic hydroxyl groups excluding tert-OH is 1. The van der Waals surface area contributed by atoms with Gasteiger partial charge in [0.25, 0.3) is 0 Å². The Morgan fingerprint density at radius 3 is 2.92 bits per heavy atom. The summed E-state index contributed by atoms with van der Waals surface area (Å²) in [4.78, 5) is 0. The molecule has 0 radical (unpaired) electrons. The predicted molar refractivity (Wildman–Crippen MR) is 53.6 cm³/mol. The molecule has 1 N–H and O–H groups in total. The zero-order valence-electron chi connectivity index (χ0n) is 8.41. The van der Waals surface area contributed by atoms with Crippen LogP contribution in [0.4, 0.5) is 0 Å². The zero-order chi connectivity index (χ0) is 9.68. The maximum absolute atomic E-state index is 9.65. The van der Waals surface area contributed by atoms with Gasteiger partial charge in [-0.25, -0.2) is 0 Å². The average Bonchev–Trinajstić information content (AvgIpc) is 2.17. The Bertz CT molecular complexity index is 156. The Labute approximate surface area is 80.6 Å². The van der Waals surface area contributed by atoms with Crippen molar-refractivity contribution in [2.24, 2.45) is 5.92 Å². The van der Waals surface area contributed by atoms with E-state index in [1.54, 1.807) is 0 Å². The Morgan fingerprint density at radius 2 is 2.31 bits per heavy atom. The van der Waals surface area contributed by atoms with E-state index in [2.05, 4.69) is 13.5 Å². The van der Waals surface area contributed by atoms with Crippen LogP contribution in [-0.2, 0) is 4.74 Å². The van der Waals surface area contributed by atoms with Crippen LogP contribution >= 0.6 is 0 Å². The molecule has 0 saturated heterocycles. The third kappa shape index (κ3) is 3.12. The van der Waals surface area contributed by atoms with E-state index in [0.29, 0.717) is 5.92 Å². The molecule has 2 heteroatoms. The highest BCUT2D eigenvalue weighted by atomic mass is 16.5. The summed E-state index contributed by atoms with van der Waals surface area (Å²) in [6.07, 6.45) is 5.61. The predicted octanol–water partition coefficient (Wildman–Crippen LogP) is 2.13. The fourth-order valence-corrected chi connectivity index (χ4v) is 1.81. The Kier molecular flexibility index (Phi) is 4.46. The zero-order valence-corrected chi connectivity index (χ0v) is 8.41. The van der Waals surface area contributed by atoms with E-state index >= 15 is 0 Å². The molecule has 0 aliphatic heterocycles. The van der Waals surface area contributed by atoms with Crippen LogP contribution in [0, 0.1) is 5.92 Å². The lowest BCUT2D eigenvalue weighted by atomic mass is 9.85. The summed E-state index contributed by atoms with van der Waals surface area (Å²) in [6.45, 7) is 6.63. The molecule has 1 aliphatic carbocycles. The van der Waals surface area contributed by atoms with Crippen molar-refractivity contribution in [1.82, 2.24) is 0 Å². The normalized spacial score (nSPS) is 34.5. The summed E-state index contributed by atoms with van der Waals surface area (Å²) in [5.41, 5.74) is 0. The summed E-state index contributed by atoms with van der Waals surface area (Å²) in [5.74, 6) is 0.533. The number of ether oxygens (including phenoxy) is 1. The molecule has 0 aromatic carbocycles. The summed E-state index contributed by atoms with van der Waals surface area (Å²) in [7, 11) is 0. The molecule has 0 amide bonds. The van der Waals surface area contributed by atoms with E-state index in [0.717, 1.165) is 32.3 Å². The van der Waals surface area contributed by atoms with E-state index in [1.165, 1.54) is 0 Å². The lowest BCUT2D eigenvalue weighted by molar-refractivity contribution is -0.0661. The van der Waals surface area contributed by atoms with Crippen LogP contribution < -0.4 is 0 Å². The number of aliphatic hydroxyl groups is 1. The number of rotatable bonds is 4. The molecule has 1 fully saturated rings. The van der Waals surface area contributed by atoms with Crippen LogP contribution in [0.5, 0.6) is 0 Å². The van der Waals surface area contributed by atoms with Crippen molar-refractivity contribution >= 4 is 0 Å². The molecule has 0 heterocycles. The molecule has 0 aromatic rings. The van der Waals surface area contributed by atoms with Gasteiger partial charge in [-0.05, 0) is 31.6 Å². The number of allylic oxidation sites excluding steroid dienone is 1. The molecule has 76 valence electrons. The van der Waals surface area contributed by atoms with Gasteiger partial charge in [-0.2, -0.15) is 0 Å². The Balaban J connectivity index is 2.35. The van der Waals surface area contributed by atoms with Gasteiger partial charge in [0.1, 0.15) is 0 Å². The minimum absolute atomic E-state index is 0.0386. The first-order valence-corrected chi connectivity index (χ1v) is 5.20. The highest BCUT2D eigenvalue weighted by molar-refractivity contribution is 4.88. The van der Waals surface area contributed by atoms with E-state index in [-0.39, 0.29) is 12.2 Å². The Morgan fingerprint density at radius 1 is 1.54 bits per heavy atom. The lowest BCUT2D eigenvalue weighted by Crippen LogP contribution is -2.35. The molecule has 2 nitrogen and oxygen atoms in total. The maximum Gasteiger partial charge on any atom is 0.0839 e. The van der Waals surface area contributed by atoms with E-state index in [9.17, 15) is 5.11 Å². The smallest absolute Gasteiger partial charge is 0.0839 e. The van der Waals surface area contributed by atoms with Gasteiger partial charge in [0.15, 0.2) is 0 Å². The SMILES string of the molecule is C=C[C@@H]1CC[C@H](O)[C@H](OCCC)C1. The molecule has 0 unspecified atom stereocenters. The van der Waals surface area contributed by atoms with Crippen LogP contribution in [0.2, 0.25) is 0 Å². The molecule has 1 aliphatic rings. The molecule has 1 saturated carbocycles. The van der Waals surface area contributed by atoms with E-state index in [1.807, 2.05) is 6.08 Å². The van der Waals surface area contributed by atoms with Crippen molar-refractivity contribution < 1.29 is 9.84 Å². The summed E-state index contributed by atoms with van der Waals surface area (Å²) in [5, 5.41) is 9.65. The van der Waals surface area contributed by atoms with E-state index < -0.39 is 0 Å². The van der Waals surface area contributed by atoms with Gasteiger partial charge in [0.2, 0.25) is 0 Å². The standard InChI is InChI=1S/C11H20O2/c1-3-7-13-11-8-9(4-2)5-6-10(11)12/h4,9-12H,2-3,5-8H2,1H3/t9-,10+,11-/m1/s1. The molecule has 0 aromatic heterocycles.